The molecule has 0 aliphatic heterocycles. The number of aliphatic hydroxyl groups excluding tert-OH is 1. The highest BCUT2D eigenvalue weighted by Gasteiger charge is 2.04. The van der Waals surface area contributed by atoms with Gasteiger partial charge in [-0.3, -0.25) is 0 Å². The topological polar surface area (TPSA) is 20.2 Å². The highest BCUT2D eigenvalue weighted by Crippen LogP contribution is 2.25. The van der Waals surface area contributed by atoms with E-state index in [1.807, 2.05) is 12.1 Å². The van der Waals surface area contributed by atoms with Crippen LogP contribution in [0, 0.1) is 0 Å². The molecule has 1 heteroatoms. The van der Waals surface area contributed by atoms with Gasteiger partial charge in [0.1, 0.15) is 0 Å². The first-order valence-corrected chi connectivity index (χ1v) is 6.08. The van der Waals surface area contributed by atoms with Crippen molar-refractivity contribution in [3.8, 4) is 11.1 Å². The highest BCUT2D eigenvalue weighted by atomic mass is 16.3. The molecule has 0 fully saturated rings. The maximum atomic E-state index is 9.49. The zero-order chi connectivity index (χ0) is 12.3. The Morgan fingerprint density at radius 2 is 1.65 bits per heavy atom. The lowest BCUT2D eigenvalue weighted by atomic mass is 9.97. The highest BCUT2D eigenvalue weighted by molar-refractivity contribution is 5.67. The third-order valence-corrected chi connectivity index (χ3v) is 3.10. The van der Waals surface area contributed by atoms with Gasteiger partial charge in [-0.1, -0.05) is 55.5 Å². The van der Waals surface area contributed by atoms with Crippen molar-refractivity contribution in [1.29, 1.82) is 0 Å². The quantitative estimate of drug-likeness (QED) is 0.839. The summed E-state index contributed by atoms with van der Waals surface area (Å²) in [6, 6.07) is 16.6. The zero-order valence-corrected chi connectivity index (χ0v) is 10.4. The fourth-order valence-corrected chi connectivity index (χ4v) is 2.05. The van der Waals surface area contributed by atoms with E-state index in [1.165, 1.54) is 16.7 Å². The van der Waals surface area contributed by atoms with Gasteiger partial charge in [-0.25, -0.2) is 0 Å². The lowest BCUT2D eigenvalue weighted by Crippen LogP contribution is -1.91. The first-order chi connectivity index (χ1) is 8.22. The molecule has 0 aliphatic rings. The summed E-state index contributed by atoms with van der Waals surface area (Å²) in [5, 5.41) is 9.49. The average Bonchev–Trinajstić information content (AvgIpc) is 2.39. The van der Waals surface area contributed by atoms with Gasteiger partial charge in [-0.15, -0.1) is 0 Å². The first-order valence-electron chi connectivity index (χ1n) is 6.08. The van der Waals surface area contributed by atoms with Crippen LogP contribution in [0.3, 0.4) is 0 Å². The van der Waals surface area contributed by atoms with Crippen molar-refractivity contribution in [2.45, 2.75) is 26.4 Å². The van der Waals surface area contributed by atoms with Gasteiger partial charge in [0.15, 0.2) is 0 Å². The van der Waals surface area contributed by atoms with E-state index < -0.39 is 6.10 Å². The maximum Gasteiger partial charge on any atom is 0.0761 e. The molecule has 2 aromatic rings. The van der Waals surface area contributed by atoms with Crippen LogP contribution in [-0.4, -0.2) is 5.11 Å². The number of aliphatic hydroxyl groups is 1. The second-order valence-electron chi connectivity index (χ2n) is 4.31. The van der Waals surface area contributed by atoms with Crippen LogP contribution in [0.4, 0.5) is 0 Å². The lowest BCUT2D eigenvalue weighted by Gasteiger charge is -2.09. The molecular weight excluding hydrogens is 208 g/mol. The van der Waals surface area contributed by atoms with E-state index in [0.717, 1.165) is 12.0 Å². The van der Waals surface area contributed by atoms with Crippen LogP contribution in [-0.2, 0) is 6.42 Å². The standard InChI is InChI=1S/C16H18O/c1-3-13-6-4-5-7-16(13)15-10-8-14(9-11-15)12(2)17/h4-12,17H,3H2,1-2H3. The van der Waals surface area contributed by atoms with E-state index in [2.05, 4.69) is 43.3 Å². The molecule has 2 rings (SSSR count). The van der Waals surface area contributed by atoms with E-state index in [0.29, 0.717) is 0 Å². The molecule has 0 aliphatic carbocycles. The van der Waals surface area contributed by atoms with E-state index in [9.17, 15) is 5.11 Å². The number of rotatable bonds is 3. The van der Waals surface area contributed by atoms with Gasteiger partial charge in [0, 0.05) is 0 Å². The van der Waals surface area contributed by atoms with Gasteiger partial charge in [-0.05, 0) is 35.6 Å². The van der Waals surface area contributed by atoms with Crippen molar-refractivity contribution in [3.63, 3.8) is 0 Å². The van der Waals surface area contributed by atoms with Gasteiger partial charge in [0.05, 0.1) is 6.10 Å². The summed E-state index contributed by atoms with van der Waals surface area (Å²) < 4.78 is 0. The van der Waals surface area contributed by atoms with Crippen molar-refractivity contribution in [2.75, 3.05) is 0 Å². The molecule has 1 unspecified atom stereocenters. The summed E-state index contributed by atoms with van der Waals surface area (Å²) in [4.78, 5) is 0. The van der Waals surface area contributed by atoms with Gasteiger partial charge < -0.3 is 5.11 Å². The van der Waals surface area contributed by atoms with E-state index in [1.54, 1.807) is 6.92 Å². The van der Waals surface area contributed by atoms with Crippen LogP contribution in [0.2, 0.25) is 0 Å². The molecule has 0 saturated heterocycles. The normalized spacial score (nSPS) is 12.4. The van der Waals surface area contributed by atoms with Gasteiger partial charge >= 0.3 is 0 Å². The SMILES string of the molecule is CCc1ccccc1-c1ccc(C(C)O)cc1. The molecule has 2 aromatic carbocycles. The molecule has 0 heterocycles. The summed E-state index contributed by atoms with van der Waals surface area (Å²) in [6.07, 6.45) is 0.638. The van der Waals surface area contributed by atoms with Crippen LogP contribution in [0.15, 0.2) is 48.5 Å². The zero-order valence-electron chi connectivity index (χ0n) is 10.4. The third-order valence-electron chi connectivity index (χ3n) is 3.10. The molecule has 0 bridgehead atoms. The second kappa shape index (κ2) is 5.15. The smallest absolute Gasteiger partial charge is 0.0761 e. The number of hydrogen-bond acceptors (Lipinski definition) is 1. The Labute approximate surface area is 103 Å². The van der Waals surface area contributed by atoms with Crippen molar-refractivity contribution >= 4 is 0 Å². The predicted molar refractivity (Wildman–Crippen MR) is 71.9 cm³/mol. The summed E-state index contributed by atoms with van der Waals surface area (Å²) in [7, 11) is 0. The van der Waals surface area contributed by atoms with Crippen LogP contribution >= 0.6 is 0 Å². The van der Waals surface area contributed by atoms with E-state index >= 15 is 0 Å². The molecule has 0 spiro atoms. The lowest BCUT2D eigenvalue weighted by molar-refractivity contribution is 0.199. The molecule has 88 valence electrons. The number of benzene rings is 2. The molecule has 1 atom stereocenters. The molecular formula is C16H18O. The Balaban J connectivity index is 2.40. The Bertz CT molecular complexity index is 483. The molecule has 0 radical (unpaired) electrons. The van der Waals surface area contributed by atoms with E-state index in [-0.39, 0.29) is 0 Å². The average molecular weight is 226 g/mol. The Morgan fingerprint density at radius 1 is 1.00 bits per heavy atom. The second-order valence-corrected chi connectivity index (χ2v) is 4.31. The minimum absolute atomic E-state index is 0.398. The molecule has 0 amide bonds. The van der Waals surface area contributed by atoms with Crippen LogP contribution in [0.5, 0.6) is 0 Å². The minimum Gasteiger partial charge on any atom is -0.389 e. The summed E-state index contributed by atoms with van der Waals surface area (Å²) in [6.45, 7) is 3.96. The van der Waals surface area contributed by atoms with Crippen LogP contribution in [0.25, 0.3) is 11.1 Å². The van der Waals surface area contributed by atoms with Crippen molar-refractivity contribution in [3.05, 3.63) is 59.7 Å². The summed E-state index contributed by atoms with van der Waals surface area (Å²) >= 11 is 0. The maximum absolute atomic E-state index is 9.49. The van der Waals surface area contributed by atoms with Gasteiger partial charge in [0.25, 0.3) is 0 Å². The Kier molecular flexibility index (Phi) is 3.60. The van der Waals surface area contributed by atoms with Gasteiger partial charge in [-0.2, -0.15) is 0 Å². The van der Waals surface area contributed by atoms with Crippen molar-refractivity contribution in [1.82, 2.24) is 0 Å². The fourth-order valence-electron chi connectivity index (χ4n) is 2.05. The minimum atomic E-state index is -0.398. The summed E-state index contributed by atoms with van der Waals surface area (Å²) in [5.41, 5.74) is 4.82. The third kappa shape index (κ3) is 2.56. The summed E-state index contributed by atoms with van der Waals surface area (Å²) in [5.74, 6) is 0. The van der Waals surface area contributed by atoms with Crippen molar-refractivity contribution in [2.24, 2.45) is 0 Å². The predicted octanol–water partition coefficient (Wildman–Crippen LogP) is 3.97. The molecule has 17 heavy (non-hydrogen) atoms. The van der Waals surface area contributed by atoms with Crippen molar-refractivity contribution < 1.29 is 5.11 Å². The monoisotopic (exact) mass is 226 g/mol. The van der Waals surface area contributed by atoms with Crippen LogP contribution in [0.1, 0.15) is 31.1 Å². The van der Waals surface area contributed by atoms with E-state index in [4.69, 9.17) is 0 Å². The molecule has 1 N–H and O–H groups in total. The number of hydrogen-bond donors (Lipinski definition) is 1. The fraction of sp³-hybridized carbons (Fsp3) is 0.250. The first kappa shape index (κ1) is 11.9. The van der Waals surface area contributed by atoms with Gasteiger partial charge in [0.2, 0.25) is 0 Å². The largest absolute Gasteiger partial charge is 0.389 e. The molecule has 0 aromatic heterocycles. The Hall–Kier alpha value is -1.60. The molecule has 0 saturated carbocycles. The van der Waals surface area contributed by atoms with Crippen LogP contribution < -0.4 is 0 Å². The Morgan fingerprint density at radius 3 is 2.24 bits per heavy atom. The molecule has 1 nitrogen and oxygen atoms in total. The number of aryl methyl sites for hydroxylation is 1.